The maximum atomic E-state index is 12.0. The van der Waals surface area contributed by atoms with Gasteiger partial charge in [0.2, 0.25) is 0 Å². The molecule has 0 aliphatic heterocycles. The van der Waals surface area contributed by atoms with Crippen molar-refractivity contribution in [2.24, 2.45) is 0 Å². The van der Waals surface area contributed by atoms with Crippen LogP contribution in [0.25, 0.3) is 0 Å². The number of carboxylic acids is 1. The lowest BCUT2D eigenvalue weighted by Gasteiger charge is -2.18. The first kappa shape index (κ1) is 14.6. The number of carbonyl (C=O) groups excluding carboxylic acids is 1. The number of carbonyl (C=O) groups is 2. The highest BCUT2D eigenvalue weighted by atomic mass is 79.9. The molecule has 0 fully saturated rings. The van der Waals surface area contributed by atoms with E-state index in [4.69, 9.17) is 23.1 Å². The largest absolute Gasteiger partial charge is 0.480 e. The molecule has 0 aromatic heterocycles. The zero-order valence-electron chi connectivity index (χ0n) is 9.19. The first-order chi connectivity index (χ1) is 8.45. The first-order valence-electron chi connectivity index (χ1n) is 4.85. The molecule has 0 heterocycles. The highest BCUT2D eigenvalue weighted by molar-refractivity contribution is 9.10. The molecule has 94 valence electrons. The lowest BCUT2D eigenvalue weighted by molar-refractivity contribution is -0.137. The second kappa shape index (κ2) is 6.43. The number of nitrogens with zero attached hydrogens (tertiary/aromatic N) is 1. The summed E-state index contributed by atoms with van der Waals surface area (Å²) < 4.78 is 0.655. The number of aliphatic carboxylic acids is 1. The van der Waals surface area contributed by atoms with Crippen LogP contribution < -0.4 is 0 Å². The third-order valence-corrected chi connectivity index (χ3v) is 3.29. The van der Waals surface area contributed by atoms with Gasteiger partial charge in [0.1, 0.15) is 6.54 Å². The zero-order chi connectivity index (χ0) is 13.7. The molecular weight excluding hydrogens is 321 g/mol. The van der Waals surface area contributed by atoms with Crippen LogP contribution in [0.15, 0.2) is 22.7 Å². The van der Waals surface area contributed by atoms with Crippen molar-refractivity contribution >= 4 is 39.4 Å². The van der Waals surface area contributed by atoms with E-state index in [0.29, 0.717) is 15.1 Å². The molecule has 1 N–H and O–H groups in total. The van der Waals surface area contributed by atoms with Gasteiger partial charge < -0.3 is 10.0 Å². The Morgan fingerprint density at radius 2 is 2.17 bits per heavy atom. The van der Waals surface area contributed by atoms with Crippen molar-refractivity contribution < 1.29 is 14.7 Å². The smallest absolute Gasteiger partial charge is 0.323 e. The summed E-state index contributed by atoms with van der Waals surface area (Å²) in [5.41, 5.74) is 0.291. The first-order valence-corrected chi connectivity index (χ1v) is 6.02. The average molecular weight is 331 g/mol. The Morgan fingerprint density at radius 3 is 2.67 bits per heavy atom. The fraction of sp³-hybridized carbons (Fsp3) is 0.167. The second-order valence-electron chi connectivity index (χ2n) is 3.39. The number of hydrogen-bond donors (Lipinski definition) is 1. The molecule has 6 heteroatoms. The van der Waals surface area contributed by atoms with Gasteiger partial charge in [-0.15, -0.1) is 6.42 Å². The number of rotatable bonds is 4. The number of hydrogen-bond acceptors (Lipinski definition) is 2. The van der Waals surface area contributed by atoms with Crippen LogP contribution in [0.2, 0.25) is 5.02 Å². The van der Waals surface area contributed by atoms with Crippen LogP contribution in [-0.2, 0) is 4.79 Å². The Morgan fingerprint density at radius 1 is 1.50 bits per heavy atom. The minimum absolute atomic E-state index is 0.0706. The van der Waals surface area contributed by atoms with E-state index in [1.54, 1.807) is 12.1 Å². The van der Waals surface area contributed by atoms with Crippen molar-refractivity contribution in [1.29, 1.82) is 0 Å². The summed E-state index contributed by atoms with van der Waals surface area (Å²) in [6.07, 6.45) is 5.10. The standard InChI is InChI=1S/C12H9BrClNO3/c1-2-5-15(7-11(16)17)12(18)8-3-4-9(13)10(14)6-8/h1,3-4,6H,5,7H2,(H,16,17). The van der Waals surface area contributed by atoms with Crippen LogP contribution in [0.3, 0.4) is 0 Å². The monoisotopic (exact) mass is 329 g/mol. The molecule has 0 radical (unpaired) electrons. The van der Waals surface area contributed by atoms with Gasteiger partial charge in [-0.3, -0.25) is 9.59 Å². The lowest BCUT2D eigenvalue weighted by atomic mass is 10.2. The molecule has 1 aromatic carbocycles. The predicted octanol–water partition coefficient (Wildman–Crippen LogP) is 2.26. The van der Waals surface area contributed by atoms with E-state index < -0.39 is 18.4 Å². The van der Waals surface area contributed by atoms with Gasteiger partial charge in [-0.25, -0.2) is 0 Å². The molecule has 1 aromatic rings. The Bertz CT molecular complexity index is 525. The van der Waals surface area contributed by atoms with Gasteiger partial charge in [0.25, 0.3) is 5.91 Å². The van der Waals surface area contributed by atoms with Crippen molar-refractivity contribution in [3.8, 4) is 12.3 Å². The van der Waals surface area contributed by atoms with E-state index in [1.807, 2.05) is 0 Å². The SMILES string of the molecule is C#CCN(CC(=O)O)C(=O)c1ccc(Br)c(Cl)c1. The van der Waals surface area contributed by atoms with Crippen molar-refractivity contribution in [3.05, 3.63) is 33.3 Å². The molecule has 0 saturated carbocycles. The van der Waals surface area contributed by atoms with Crippen LogP contribution in [0.4, 0.5) is 0 Å². The van der Waals surface area contributed by atoms with E-state index in [9.17, 15) is 9.59 Å². The maximum Gasteiger partial charge on any atom is 0.323 e. The van der Waals surface area contributed by atoms with Crippen molar-refractivity contribution in [1.82, 2.24) is 4.90 Å². The summed E-state index contributed by atoms with van der Waals surface area (Å²) in [6, 6.07) is 4.62. The topological polar surface area (TPSA) is 57.6 Å². The van der Waals surface area contributed by atoms with Crippen LogP contribution in [0, 0.1) is 12.3 Å². The van der Waals surface area contributed by atoms with Crippen molar-refractivity contribution in [3.63, 3.8) is 0 Å². The maximum absolute atomic E-state index is 12.0. The van der Waals surface area contributed by atoms with Gasteiger partial charge in [-0.05, 0) is 34.1 Å². The van der Waals surface area contributed by atoms with Crippen molar-refractivity contribution in [2.75, 3.05) is 13.1 Å². The number of halogens is 2. The summed E-state index contributed by atoms with van der Waals surface area (Å²) in [6.45, 7) is -0.518. The fourth-order valence-electron chi connectivity index (χ4n) is 1.28. The molecule has 0 spiro atoms. The number of amides is 1. The molecule has 0 aliphatic carbocycles. The minimum atomic E-state index is -1.12. The quantitative estimate of drug-likeness (QED) is 0.862. The molecule has 1 amide bonds. The number of terminal acetylenes is 1. The molecular formula is C12H9BrClNO3. The molecule has 4 nitrogen and oxygen atoms in total. The predicted molar refractivity (Wildman–Crippen MR) is 71.5 cm³/mol. The molecule has 1 rings (SSSR count). The Balaban J connectivity index is 2.98. The fourth-order valence-corrected chi connectivity index (χ4v) is 1.71. The van der Waals surface area contributed by atoms with E-state index >= 15 is 0 Å². The molecule has 0 aliphatic rings. The summed E-state index contributed by atoms with van der Waals surface area (Å²) in [5, 5.41) is 9.08. The van der Waals surface area contributed by atoms with Crippen LogP contribution in [-0.4, -0.2) is 35.0 Å². The zero-order valence-corrected chi connectivity index (χ0v) is 11.5. The van der Waals surface area contributed by atoms with Crippen LogP contribution >= 0.6 is 27.5 Å². The summed E-state index contributed by atoms with van der Waals surface area (Å²) >= 11 is 9.07. The molecule has 18 heavy (non-hydrogen) atoms. The van der Waals surface area contributed by atoms with Gasteiger partial charge in [0.05, 0.1) is 11.6 Å². The molecule has 0 saturated heterocycles. The molecule has 0 bridgehead atoms. The van der Waals surface area contributed by atoms with Crippen LogP contribution in [0.1, 0.15) is 10.4 Å². The highest BCUT2D eigenvalue weighted by Gasteiger charge is 2.18. The second-order valence-corrected chi connectivity index (χ2v) is 4.65. The Kier molecular flexibility index (Phi) is 5.20. The average Bonchev–Trinajstić information content (AvgIpc) is 2.31. The van der Waals surface area contributed by atoms with Gasteiger partial charge in [-0.2, -0.15) is 0 Å². The summed E-state index contributed by atoms with van der Waals surface area (Å²) in [4.78, 5) is 23.7. The van der Waals surface area contributed by atoms with Gasteiger partial charge in [0.15, 0.2) is 0 Å². The van der Waals surface area contributed by atoms with Gasteiger partial charge >= 0.3 is 5.97 Å². The highest BCUT2D eigenvalue weighted by Crippen LogP contribution is 2.23. The normalized spacial score (nSPS) is 9.61. The van der Waals surface area contributed by atoms with Gasteiger partial charge in [0, 0.05) is 10.0 Å². The van der Waals surface area contributed by atoms with Crippen LogP contribution in [0.5, 0.6) is 0 Å². The summed E-state index contributed by atoms with van der Waals surface area (Å²) in [7, 11) is 0. The minimum Gasteiger partial charge on any atom is -0.480 e. The van der Waals surface area contributed by atoms with E-state index in [-0.39, 0.29) is 6.54 Å². The van der Waals surface area contributed by atoms with Gasteiger partial charge in [-0.1, -0.05) is 17.5 Å². The number of benzene rings is 1. The lowest BCUT2D eigenvalue weighted by Crippen LogP contribution is -2.35. The van der Waals surface area contributed by atoms with E-state index in [1.165, 1.54) is 6.07 Å². The molecule has 0 atom stereocenters. The van der Waals surface area contributed by atoms with E-state index in [2.05, 4.69) is 21.9 Å². The third-order valence-electron chi connectivity index (χ3n) is 2.06. The van der Waals surface area contributed by atoms with Crippen molar-refractivity contribution in [2.45, 2.75) is 0 Å². The Labute approximate surface area is 118 Å². The summed E-state index contributed by atoms with van der Waals surface area (Å²) in [5.74, 6) is 0.658. The number of carboxylic acid groups (broad SMARTS) is 1. The van der Waals surface area contributed by atoms with E-state index in [0.717, 1.165) is 4.90 Å². The Hall–Kier alpha value is -1.51. The molecule has 0 unspecified atom stereocenters. The third kappa shape index (κ3) is 3.76.